The van der Waals surface area contributed by atoms with Crippen molar-refractivity contribution in [1.29, 1.82) is 0 Å². The standard InChI is InChI=1S/C27H35ClN2O/c1-29-15-17-30(18-16-29)21-25-10-6-5-9-24(19-22-11-13-26(28)14-12-22)27(25,31)20-23-7-3-2-4-8-23/h2-4,7-8,11-14,19,25,31H,5-6,9-10,15-18,20-21H2,1H3/b24-19-. The molecule has 2 atom stereocenters. The van der Waals surface area contributed by atoms with Crippen LogP contribution >= 0.6 is 11.6 Å². The van der Waals surface area contributed by atoms with Crippen molar-refractivity contribution in [3.8, 4) is 0 Å². The van der Waals surface area contributed by atoms with Crippen LogP contribution in [0.1, 0.15) is 36.8 Å². The molecule has 2 fully saturated rings. The number of likely N-dealkylation sites (N-methyl/N-ethyl adjacent to an activating group) is 1. The van der Waals surface area contributed by atoms with E-state index in [9.17, 15) is 5.11 Å². The molecule has 1 N–H and O–H groups in total. The van der Waals surface area contributed by atoms with Gasteiger partial charge < -0.3 is 14.9 Å². The minimum Gasteiger partial charge on any atom is -0.385 e. The lowest BCUT2D eigenvalue weighted by atomic mass is 9.74. The first kappa shape index (κ1) is 22.5. The molecule has 1 saturated heterocycles. The van der Waals surface area contributed by atoms with Crippen molar-refractivity contribution in [2.75, 3.05) is 39.8 Å². The molecule has 31 heavy (non-hydrogen) atoms. The first-order valence-corrected chi connectivity index (χ1v) is 12.0. The number of piperazine rings is 1. The number of nitrogens with zero attached hydrogens (tertiary/aromatic N) is 2. The third-order valence-electron chi connectivity index (χ3n) is 7.08. The Morgan fingerprint density at radius 2 is 1.71 bits per heavy atom. The van der Waals surface area contributed by atoms with Crippen molar-refractivity contribution in [1.82, 2.24) is 9.80 Å². The molecule has 1 aliphatic carbocycles. The molecule has 166 valence electrons. The molecule has 1 saturated carbocycles. The normalized spacial score (nSPS) is 27.3. The average molecular weight is 439 g/mol. The third-order valence-corrected chi connectivity index (χ3v) is 7.33. The van der Waals surface area contributed by atoms with Gasteiger partial charge in [0.25, 0.3) is 0 Å². The fraction of sp³-hybridized carbons (Fsp3) is 0.481. The smallest absolute Gasteiger partial charge is 0.0940 e. The topological polar surface area (TPSA) is 26.7 Å². The van der Waals surface area contributed by atoms with E-state index in [0.717, 1.165) is 62.6 Å². The predicted octanol–water partition coefficient (Wildman–Crippen LogP) is 5.13. The first-order chi connectivity index (χ1) is 15.0. The Labute approximate surface area is 192 Å². The maximum Gasteiger partial charge on any atom is 0.0940 e. The molecule has 2 unspecified atom stereocenters. The van der Waals surface area contributed by atoms with Crippen molar-refractivity contribution in [2.45, 2.75) is 37.7 Å². The second-order valence-corrected chi connectivity index (χ2v) is 9.79. The number of hydrogen-bond donors (Lipinski definition) is 1. The first-order valence-electron chi connectivity index (χ1n) is 11.7. The van der Waals surface area contributed by atoms with E-state index < -0.39 is 5.60 Å². The fourth-order valence-electron chi connectivity index (χ4n) is 5.13. The Morgan fingerprint density at radius 1 is 1.00 bits per heavy atom. The van der Waals surface area contributed by atoms with E-state index in [1.54, 1.807) is 0 Å². The molecule has 2 aromatic carbocycles. The van der Waals surface area contributed by atoms with E-state index in [4.69, 9.17) is 11.6 Å². The SMILES string of the molecule is CN1CCN(CC2CCCC/C(=C/c3ccc(Cl)cc3)C2(O)Cc2ccccc2)CC1. The molecule has 1 aliphatic heterocycles. The highest BCUT2D eigenvalue weighted by atomic mass is 35.5. The van der Waals surface area contributed by atoms with E-state index in [2.05, 4.69) is 59.3 Å². The largest absolute Gasteiger partial charge is 0.385 e. The molecule has 0 bridgehead atoms. The second kappa shape index (κ2) is 10.3. The summed E-state index contributed by atoms with van der Waals surface area (Å²) in [5.74, 6) is 0.233. The average Bonchev–Trinajstić information content (AvgIpc) is 2.91. The van der Waals surface area contributed by atoms with Gasteiger partial charge in [-0.25, -0.2) is 0 Å². The van der Waals surface area contributed by atoms with Crippen LogP contribution in [0.25, 0.3) is 6.08 Å². The van der Waals surface area contributed by atoms with Crippen LogP contribution in [-0.4, -0.2) is 60.3 Å². The van der Waals surface area contributed by atoms with Crippen molar-refractivity contribution < 1.29 is 5.11 Å². The minimum atomic E-state index is -0.833. The summed E-state index contributed by atoms with van der Waals surface area (Å²) in [6.45, 7) is 5.36. The van der Waals surface area contributed by atoms with Gasteiger partial charge in [0.15, 0.2) is 0 Å². The molecule has 0 amide bonds. The van der Waals surface area contributed by atoms with Crippen LogP contribution in [0.3, 0.4) is 0 Å². The van der Waals surface area contributed by atoms with Gasteiger partial charge in [-0.15, -0.1) is 0 Å². The van der Waals surface area contributed by atoms with Crippen LogP contribution < -0.4 is 0 Å². The lowest BCUT2D eigenvalue weighted by Crippen LogP contribution is -2.51. The quantitative estimate of drug-likeness (QED) is 0.655. The second-order valence-electron chi connectivity index (χ2n) is 9.35. The number of rotatable bonds is 5. The van der Waals surface area contributed by atoms with Gasteiger partial charge >= 0.3 is 0 Å². The van der Waals surface area contributed by atoms with Gasteiger partial charge in [0.2, 0.25) is 0 Å². The molecular formula is C27H35ClN2O. The van der Waals surface area contributed by atoms with Gasteiger partial charge in [0, 0.05) is 50.1 Å². The van der Waals surface area contributed by atoms with Crippen LogP contribution in [-0.2, 0) is 6.42 Å². The number of halogens is 1. The van der Waals surface area contributed by atoms with Crippen LogP contribution in [0.2, 0.25) is 5.02 Å². The van der Waals surface area contributed by atoms with Crippen molar-refractivity contribution >= 4 is 17.7 Å². The zero-order chi connectivity index (χ0) is 21.7. The Kier molecular flexibility index (Phi) is 7.50. The van der Waals surface area contributed by atoms with Gasteiger partial charge in [0.05, 0.1) is 5.60 Å². The summed E-state index contributed by atoms with van der Waals surface area (Å²) in [4.78, 5) is 4.96. The molecule has 2 aromatic rings. The number of benzene rings is 2. The van der Waals surface area contributed by atoms with Gasteiger partial charge in [-0.05, 0) is 55.1 Å². The number of hydrogen-bond acceptors (Lipinski definition) is 3. The maximum atomic E-state index is 12.4. The highest BCUT2D eigenvalue weighted by molar-refractivity contribution is 6.30. The monoisotopic (exact) mass is 438 g/mol. The van der Waals surface area contributed by atoms with Crippen LogP contribution in [0.5, 0.6) is 0 Å². The van der Waals surface area contributed by atoms with E-state index in [1.165, 1.54) is 17.6 Å². The molecule has 0 aromatic heterocycles. The van der Waals surface area contributed by atoms with Gasteiger partial charge in [-0.1, -0.05) is 66.6 Å². The Bertz CT molecular complexity index is 859. The summed E-state index contributed by atoms with van der Waals surface area (Å²) in [6, 6.07) is 18.5. The zero-order valence-corrected chi connectivity index (χ0v) is 19.4. The van der Waals surface area contributed by atoms with Crippen LogP contribution in [0.4, 0.5) is 0 Å². The van der Waals surface area contributed by atoms with Crippen LogP contribution in [0, 0.1) is 5.92 Å². The fourth-order valence-corrected chi connectivity index (χ4v) is 5.26. The molecule has 1 heterocycles. The molecular weight excluding hydrogens is 404 g/mol. The Morgan fingerprint density at radius 3 is 2.42 bits per heavy atom. The lowest BCUT2D eigenvalue weighted by molar-refractivity contribution is -0.00643. The third kappa shape index (κ3) is 5.78. The van der Waals surface area contributed by atoms with Gasteiger partial charge in [0.1, 0.15) is 0 Å². The molecule has 0 radical (unpaired) electrons. The van der Waals surface area contributed by atoms with E-state index in [1.807, 2.05) is 18.2 Å². The number of aliphatic hydroxyl groups is 1. The lowest BCUT2D eigenvalue weighted by Gasteiger charge is -2.42. The Hall–Kier alpha value is -1.65. The highest BCUT2D eigenvalue weighted by Gasteiger charge is 2.42. The van der Waals surface area contributed by atoms with E-state index >= 15 is 0 Å². The maximum absolute atomic E-state index is 12.4. The molecule has 2 aliphatic rings. The van der Waals surface area contributed by atoms with Gasteiger partial charge in [-0.2, -0.15) is 0 Å². The summed E-state index contributed by atoms with van der Waals surface area (Å²) >= 11 is 6.11. The molecule has 0 spiro atoms. The van der Waals surface area contributed by atoms with E-state index in [0.29, 0.717) is 6.42 Å². The highest BCUT2D eigenvalue weighted by Crippen LogP contribution is 2.41. The minimum absolute atomic E-state index is 0.233. The molecule has 4 rings (SSSR count). The summed E-state index contributed by atoms with van der Waals surface area (Å²) < 4.78 is 0. The molecule has 4 heteroatoms. The van der Waals surface area contributed by atoms with E-state index in [-0.39, 0.29) is 5.92 Å². The Balaban J connectivity index is 1.66. The van der Waals surface area contributed by atoms with Crippen molar-refractivity contribution in [3.05, 3.63) is 76.3 Å². The zero-order valence-electron chi connectivity index (χ0n) is 18.6. The van der Waals surface area contributed by atoms with Crippen molar-refractivity contribution in [2.24, 2.45) is 5.92 Å². The summed E-state index contributed by atoms with van der Waals surface area (Å²) in [6.07, 6.45) is 7.23. The van der Waals surface area contributed by atoms with Crippen LogP contribution in [0.15, 0.2) is 60.2 Å². The van der Waals surface area contributed by atoms with Gasteiger partial charge in [-0.3, -0.25) is 0 Å². The summed E-state index contributed by atoms with van der Waals surface area (Å²) in [5.41, 5.74) is 2.67. The molecule has 3 nitrogen and oxygen atoms in total. The summed E-state index contributed by atoms with van der Waals surface area (Å²) in [5, 5.41) is 13.1. The predicted molar refractivity (Wildman–Crippen MR) is 130 cm³/mol. The van der Waals surface area contributed by atoms with Crippen molar-refractivity contribution in [3.63, 3.8) is 0 Å². The summed E-state index contributed by atoms with van der Waals surface area (Å²) in [7, 11) is 2.20.